The molecule has 0 aliphatic carbocycles. The maximum Gasteiger partial charge on any atom is 0.410 e. The van der Waals surface area contributed by atoms with Crippen molar-refractivity contribution in [2.45, 2.75) is 45.9 Å². The first-order valence-electron chi connectivity index (χ1n) is 13.6. The fourth-order valence-electron chi connectivity index (χ4n) is 4.82. The monoisotopic (exact) mass is 544 g/mol. The van der Waals surface area contributed by atoms with Crippen LogP contribution in [0.5, 0.6) is 0 Å². The zero-order valence-electron chi connectivity index (χ0n) is 23.5. The van der Waals surface area contributed by atoms with Crippen molar-refractivity contribution in [3.63, 3.8) is 0 Å². The van der Waals surface area contributed by atoms with E-state index in [0.29, 0.717) is 55.3 Å². The van der Waals surface area contributed by atoms with Gasteiger partial charge < -0.3 is 23.9 Å². The van der Waals surface area contributed by atoms with Crippen LogP contribution in [-0.2, 0) is 24.9 Å². The SMILES string of the molecule is Cn1cc(-c2ccnc(NCc3ccccn3)c2)c2oc(CN3CCCN(C(=O)OC(C)(C)C)CC3)cc2c1=O. The van der Waals surface area contributed by atoms with Gasteiger partial charge in [-0.05, 0) is 63.1 Å². The van der Waals surface area contributed by atoms with Gasteiger partial charge in [-0.2, -0.15) is 0 Å². The summed E-state index contributed by atoms with van der Waals surface area (Å²) in [5.41, 5.74) is 2.55. The number of anilines is 1. The molecule has 0 saturated carbocycles. The van der Waals surface area contributed by atoms with E-state index in [1.807, 2.05) is 57.2 Å². The Balaban J connectivity index is 1.34. The van der Waals surface area contributed by atoms with Crippen LogP contribution < -0.4 is 10.9 Å². The molecular weight excluding hydrogens is 508 g/mol. The highest BCUT2D eigenvalue weighted by molar-refractivity contribution is 5.92. The molecule has 0 spiro atoms. The molecule has 5 rings (SSSR count). The van der Waals surface area contributed by atoms with Crippen molar-refractivity contribution in [3.05, 3.63) is 76.8 Å². The average molecular weight is 545 g/mol. The minimum absolute atomic E-state index is 0.108. The summed E-state index contributed by atoms with van der Waals surface area (Å²) in [6.45, 7) is 9.46. The second kappa shape index (κ2) is 11.5. The molecule has 10 heteroatoms. The fourth-order valence-corrected chi connectivity index (χ4v) is 4.82. The third kappa shape index (κ3) is 6.51. The minimum atomic E-state index is -0.522. The predicted molar refractivity (Wildman–Crippen MR) is 154 cm³/mol. The zero-order chi connectivity index (χ0) is 28.3. The summed E-state index contributed by atoms with van der Waals surface area (Å²) < 4.78 is 13.5. The van der Waals surface area contributed by atoms with Gasteiger partial charge in [-0.1, -0.05) is 6.07 Å². The predicted octanol–water partition coefficient (Wildman–Crippen LogP) is 4.64. The van der Waals surface area contributed by atoms with Crippen molar-refractivity contribution in [1.82, 2.24) is 24.3 Å². The molecular formula is C30H36N6O4. The van der Waals surface area contributed by atoms with E-state index in [1.54, 1.807) is 35.1 Å². The third-order valence-corrected chi connectivity index (χ3v) is 6.77. The van der Waals surface area contributed by atoms with Crippen LogP contribution in [0.3, 0.4) is 0 Å². The first kappa shape index (κ1) is 27.4. The van der Waals surface area contributed by atoms with E-state index in [9.17, 15) is 9.59 Å². The number of hydrogen-bond donors (Lipinski definition) is 1. The molecule has 0 radical (unpaired) electrons. The Hall–Kier alpha value is -4.18. The molecule has 210 valence electrons. The Labute approximate surface area is 233 Å². The van der Waals surface area contributed by atoms with Crippen molar-refractivity contribution < 1.29 is 13.9 Å². The van der Waals surface area contributed by atoms with Gasteiger partial charge in [-0.15, -0.1) is 0 Å². The van der Waals surface area contributed by atoms with Crippen LogP contribution in [0.15, 0.2) is 64.2 Å². The Morgan fingerprint density at radius 3 is 2.70 bits per heavy atom. The van der Waals surface area contributed by atoms with E-state index in [2.05, 4.69) is 20.2 Å². The standard InChI is InChI=1S/C30H36N6O4/c1-30(2,3)40-29(38)36-13-7-12-35(14-15-36)19-23-17-24-27(39-23)25(20-34(4)28(24)37)21-9-11-32-26(16-21)33-18-22-8-5-6-10-31-22/h5-6,8-11,16-17,20H,7,12-15,18-19H2,1-4H3,(H,32,33). The first-order chi connectivity index (χ1) is 19.2. The van der Waals surface area contributed by atoms with Crippen molar-refractivity contribution in [2.24, 2.45) is 7.05 Å². The summed E-state index contributed by atoms with van der Waals surface area (Å²) in [7, 11) is 1.75. The summed E-state index contributed by atoms with van der Waals surface area (Å²) >= 11 is 0. The number of ether oxygens (including phenoxy) is 1. The van der Waals surface area contributed by atoms with Gasteiger partial charge in [0.25, 0.3) is 5.56 Å². The Morgan fingerprint density at radius 1 is 1.07 bits per heavy atom. The van der Waals surface area contributed by atoms with Gasteiger partial charge in [-0.3, -0.25) is 14.7 Å². The molecule has 4 aromatic heterocycles. The largest absolute Gasteiger partial charge is 0.459 e. The maximum atomic E-state index is 13.0. The van der Waals surface area contributed by atoms with Crippen LogP contribution in [0.2, 0.25) is 0 Å². The minimum Gasteiger partial charge on any atom is -0.459 e. The lowest BCUT2D eigenvalue weighted by Gasteiger charge is -2.26. The Bertz CT molecular complexity index is 1540. The van der Waals surface area contributed by atoms with E-state index in [1.165, 1.54) is 0 Å². The van der Waals surface area contributed by atoms with Crippen molar-refractivity contribution >= 4 is 22.9 Å². The van der Waals surface area contributed by atoms with Crippen LogP contribution in [0.25, 0.3) is 22.1 Å². The number of nitrogens with one attached hydrogen (secondary N) is 1. The molecule has 1 aliphatic rings. The fraction of sp³-hybridized carbons (Fsp3) is 0.400. The molecule has 4 aromatic rings. The molecule has 0 aromatic carbocycles. The number of hydrogen-bond acceptors (Lipinski definition) is 8. The highest BCUT2D eigenvalue weighted by Crippen LogP contribution is 2.30. The second-order valence-electron chi connectivity index (χ2n) is 11.1. The molecule has 40 heavy (non-hydrogen) atoms. The van der Waals surface area contributed by atoms with Crippen molar-refractivity contribution in [3.8, 4) is 11.1 Å². The van der Waals surface area contributed by atoms with Gasteiger partial charge in [0.2, 0.25) is 0 Å². The number of nitrogens with zero attached hydrogens (tertiary/aromatic N) is 5. The summed E-state index contributed by atoms with van der Waals surface area (Å²) in [4.78, 5) is 38.4. The van der Waals surface area contributed by atoms with Crippen molar-refractivity contribution in [2.75, 3.05) is 31.5 Å². The van der Waals surface area contributed by atoms with E-state index >= 15 is 0 Å². The molecule has 1 saturated heterocycles. The second-order valence-corrected chi connectivity index (χ2v) is 11.1. The van der Waals surface area contributed by atoms with E-state index in [0.717, 1.165) is 29.8 Å². The highest BCUT2D eigenvalue weighted by Gasteiger charge is 2.25. The van der Waals surface area contributed by atoms with Gasteiger partial charge in [0.05, 0.1) is 24.2 Å². The van der Waals surface area contributed by atoms with E-state index in [-0.39, 0.29) is 11.7 Å². The van der Waals surface area contributed by atoms with Crippen LogP contribution in [-0.4, -0.2) is 62.2 Å². The van der Waals surface area contributed by atoms with Crippen molar-refractivity contribution in [1.29, 1.82) is 0 Å². The molecule has 0 bridgehead atoms. The molecule has 1 aliphatic heterocycles. The van der Waals surface area contributed by atoms with Crippen LogP contribution in [0.1, 0.15) is 38.6 Å². The topological polar surface area (TPSA) is 106 Å². The molecule has 1 fully saturated rings. The number of fused-ring (bicyclic) bond motifs is 1. The molecule has 1 N–H and O–H groups in total. The van der Waals surface area contributed by atoms with Gasteiger partial charge in [0, 0.05) is 57.4 Å². The number of rotatable bonds is 6. The molecule has 1 amide bonds. The number of carbonyl (C=O) groups is 1. The van der Waals surface area contributed by atoms with Crippen LogP contribution in [0.4, 0.5) is 10.6 Å². The number of aryl methyl sites for hydroxylation is 1. The normalized spacial score (nSPS) is 14.8. The smallest absolute Gasteiger partial charge is 0.410 e. The number of carbonyl (C=O) groups excluding carboxylic acids is 1. The van der Waals surface area contributed by atoms with Gasteiger partial charge >= 0.3 is 6.09 Å². The van der Waals surface area contributed by atoms with E-state index in [4.69, 9.17) is 9.15 Å². The lowest BCUT2D eigenvalue weighted by Crippen LogP contribution is -2.39. The quantitative estimate of drug-likeness (QED) is 0.374. The number of furan rings is 1. The van der Waals surface area contributed by atoms with Gasteiger partial charge in [-0.25, -0.2) is 9.78 Å². The zero-order valence-corrected chi connectivity index (χ0v) is 23.5. The van der Waals surface area contributed by atoms with Gasteiger partial charge in [0.1, 0.15) is 22.8 Å². The summed E-state index contributed by atoms with van der Waals surface area (Å²) in [6, 6.07) is 11.5. The Kier molecular flexibility index (Phi) is 7.88. The lowest BCUT2D eigenvalue weighted by molar-refractivity contribution is 0.0257. The number of pyridine rings is 3. The third-order valence-electron chi connectivity index (χ3n) is 6.77. The highest BCUT2D eigenvalue weighted by atomic mass is 16.6. The molecule has 0 atom stereocenters. The average Bonchev–Trinajstić information content (AvgIpc) is 3.20. The Morgan fingerprint density at radius 2 is 1.93 bits per heavy atom. The lowest BCUT2D eigenvalue weighted by atomic mass is 10.1. The summed E-state index contributed by atoms with van der Waals surface area (Å²) in [6.07, 6.45) is 5.86. The molecule has 5 heterocycles. The summed E-state index contributed by atoms with van der Waals surface area (Å²) in [5, 5.41) is 3.86. The van der Waals surface area contributed by atoms with Crippen LogP contribution in [0, 0.1) is 0 Å². The maximum absolute atomic E-state index is 13.0. The van der Waals surface area contributed by atoms with Crippen LogP contribution >= 0.6 is 0 Å². The van der Waals surface area contributed by atoms with Gasteiger partial charge in [0.15, 0.2) is 0 Å². The number of aromatic nitrogens is 3. The molecule has 0 unspecified atom stereocenters. The van der Waals surface area contributed by atoms with E-state index < -0.39 is 5.60 Å². The summed E-state index contributed by atoms with van der Waals surface area (Å²) in [5.74, 6) is 1.42. The number of amides is 1. The first-order valence-corrected chi connectivity index (χ1v) is 13.6. The molecule has 10 nitrogen and oxygen atoms in total.